The van der Waals surface area contributed by atoms with Crippen molar-refractivity contribution in [2.45, 2.75) is 39.7 Å². The third-order valence-corrected chi connectivity index (χ3v) is 3.62. The first kappa shape index (κ1) is 11.9. The first-order valence-electron chi connectivity index (χ1n) is 4.78. The summed E-state index contributed by atoms with van der Waals surface area (Å²) in [6, 6.07) is 0. The maximum absolute atomic E-state index is 10.7. The van der Waals surface area contributed by atoms with Crippen LogP contribution < -0.4 is 0 Å². The number of rotatable bonds is 2. The Hall–Kier alpha value is -0.190. The van der Waals surface area contributed by atoms with E-state index in [-0.39, 0.29) is 11.2 Å². The second kappa shape index (κ2) is 4.13. The number of hydrogen-bond acceptors (Lipinski definition) is 3. The summed E-state index contributed by atoms with van der Waals surface area (Å²) in [4.78, 5) is 0. The second-order valence-electron chi connectivity index (χ2n) is 4.55. The Labute approximate surface area is 87.5 Å². The molecule has 4 heteroatoms. The highest BCUT2D eigenvalue weighted by Gasteiger charge is 2.31. The maximum atomic E-state index is 10.7. The predicted molar refractivity (Wildman–Crippen MR) is 55.5 cm³/mol. The Morgan fingerprint density at radius 2 is 2.21 bits per heavy atom. The lowest BCUT2D eigenvalue weighted by molar-refractivity contribution is 0.161. The van der Waals surface area contributed by atoms with Gasteiger partial charge in [-0.1, -0.05) is 30.5 Å². The van der Waals surface area contributed by atoms with Gasteiger partial charge in [-0.25, -0.2) is 0 Å². The SMILES string of the molecule is CC1=C(CS(=O)[O-])C(C)(C)CCC1O. The Bertz CT molecular complexity index is 281. The lowest BCUT2D eigenvalue weighted by atomic mass is 9.72. The lowest BCUT2D eigenvalue weighted by Crippen LogP contribution is -2.30. The van der Waals surface area contributed by atoms with E-state index in [9.17, 15) is 13.9 Å². The molecule has 0 bridgehead atoms. The average Bonchev–Trinajstić information content (AvgIpc) is 2.06. The molecule has 1 N–H and O–H groups in total. The summed E-state index contributed by atoms with van der Waals surface area (Å²) in [6.45, 7) is 5.89. The highest BCUT2D eigenvalue weighted by atomic mass is 32.2. The molecule has 0 spiro atoms. The molecule has 0 fully saturated rings. The largest absolute Gasteiger partial charge is 0.772 e. The van der Waals surface area contributed by atoms with Crippen molar-refractivity contribution in [3.8, 4) is 0 Å². The van der Waals surface area contributed by atoms with Crippen LogP contribution in [0.25, 0.3) is 0 Å². The molecule has 0 heterocycles. The van der Waals surface area contributed by atoms with Crippen molar-refractivity contribution in [2.24, 2.45) is 5.41 Å². The highest BCUT2D eigenvalue weighted by Crippen LogP contribution is 2.40. The predicted octanol–water partition coefficient (Wildman–Crippen LogP) is 1.36. The van der Waals surface area contributed by atoms with Crippen LogP contribution in [-0.2, 0) is 11.1 Å². The van der Waals surface area contributed by atoms with Crippen molar-refractivity contribution in [2.75, 3.05) is 5.75 Å². The standard InChI is InChI=1S/C10H18O3S/c1-7-8(6-14(12)13)10(2,3)5-4-9(7)11/h9,11H,4-6H2,1-3H3,(H,12,13)/p-1. The van der Waals surface area contributed by atoms with Crippen LogP contribution in [0, 0.1) is 5.41 Å². The van der Waals surface area contributed by atoms with Crippen molar-refractivity contribution >= 4 is 11.1 Å². The number of aliphatic hydroxyl groups is 1. The van der Waals surface area contributed by atoms with Gasteiger partial charge in [0.05, 0.1) is 6.10 Å². The molecule has 3 nitrogen and oxygen atoms in total. The van der Waals surface area contributed by atoms with Gasteiger partial charge in [0.25, 0.3) is 0 Å². The number of aliphatic hydroxyl groups excluding tert-OH is 1. The van der Waals surface area contributed by atoms with Gasteiger partial charge in [-0.05, 0) is 30.8 Å². The minimum Gasteiger partial charge on any atom is -0.772 e. The molecule has 14 heavy (non-hydrogen) atoms. The first-order valence-corrected chi connectivity index (χ1v) is 6.03. The summed E-state index contributed by atoms with van der Waals surface area (Å²) in [5, 5.41) is 9.63. The van der Waals surface area contributed by atoms with Gasteiger partial charge in [0.1, 0.15) is 0 Å². The smallest absolute Gasteiger partial charge is 0.0750 e. The van der Waals surface area contributed by atoms with E-state index in [1.807, 2.05) is 20.8 Å². The zero-order chi connectivity index (χ0) is 10.9. The molecule has 82 valence electrons. The van der Waals surface area contributed by atoms with Gasteiger partial charge in [-0.15, -0.1) is 0 Å². The topological polar surface area (TPSA) is 60.4 Å². The third-order valence-electron chi connectivity index (χ3n) is 3.10. The third kappa shape index (κ3) is 2.43. The molecule has 0 radical (unpaired) electrons. The van der Waals surface area contributed by atoms with Crippen molar-refractivity contribution in [1.29, 1.82) is 0 Å². The Balaban J connectivity index is 3.02. The molecular formula is C10H17O3S-. The molecule has 0 aliphatic heterocycles. The zero-order valence-electron chi connectivity index (χ0n) is 8.87. The summed E-state index contributed by atoms with van der Waals surface area (Å²) in [5.41, 5.74) is 1.62. The fourth-order valence-corrected chi connectivity index (χ4v) is 2.88. The summed E-state index contributed by atoms with van der Waals surface area (Å²) in [5.74, 6) is 0.0515. The van der Waals surface area contributed by atoms with Gasteiger partial charge in [-0.3, -0.25) is 4.21 Å². The monoisotopic (exact) mass is 217 g/mol. The first-order chi connectivity index (χ1) is 6.34. The molecule has 0 aromatic carbocycles. The minimum absolute atomic E-state index is 0.0515. The quantitative estimate of drug-likeness (QED) is 0.561. The molecule has 0 saturated heterocycles. The minimum atomic E-state index is -2.06. The molecule has 0 amide bonds. The normalized spacial score (nSPS) is 29.1. The van der Waals surface area contributed by atoms with E-state index in [0.717, 1.165) is 24.0 Å². The molecule has 0 aromatic heterocycles. The van der Waals surface area contributed by atoms with E-state index in [1.165, 1.54) is 0 Å². The lowest BCUT2D eigenvalue weighted by Gasteiger charge is -2.37. The van der Waals surface area contributed by atoms with E-state index in [2.05, 4.69) is 0 Å². The molecule has 1 aliphatic rings. The average molecular weight is 217 g/mol. The summed E-state index contributed by atoms with van der Waals surface area (Å²) in [6.07, 6.45) is 1.12. The Morgan fingerprint density at radius 1 is 1.64 bits per heavy atom. The van der Waals surface area contributed by atoms with Crippen LogP contribution >= 0.6 is 0 Å². The summed E-state index contributed by atoms with van der Waals surface area (Å²) >= 11 is -2.06. The molecule has 1 rings (SSSR count). The molecule has 0 saturated carbocycles. The van der Waals surface area contributed by atoms with Crippen LogP contribution in [0.15, 0.2) is 11.1 Å². The van der Waals surface area contributed by atoms with Crippen LogP contribution in [0.2, 0.25) is 0 Å². The van der Waals surface area contributed by atoms with Gasteiger partial charge in [0, 0.05) is 5.75 Å². The fourth-order valence-electron chi connectivity index (χ4n) is 2.03. The Kier molecular flexibility index (Phi) is 3.50. The van der Waals surface area contributed by atoms with E-state index < -0.39 is 17.2 Å². The second-order valence-corrected chi connectivity index (χ2v) is 5.44. The van der Waals surface area contributed by atoms with Crippen molar-refractivity contribution in [3.63, 3.8) is 0 Å². The van der Waals surface area contributed by atoms with Crippen molar-refractivity contribution in [3.05, 3.63) is 11.1 Å². The van der Waals surface area contributed by atoms with Gasteiger partial charge in [0.15, 0.2) is 0 Å². The van der Waals surface area contributed by atoms with Crippen LogP contribution in [0.3, 0.4) is 0 Å². The summed E-state index contributed by atoms with van der Waals surface area (Å²) in [7, 11) is 0. The van der Waals surface area contributed by atoms with Crippen molar-refractivity contribution in [1.82, 2.24) is 0 Å². The molecular weight excluding hydrogens is 200 g/mol. The fraction of sp³-hybridized carbons (Fsp3) is 0.800. The zero-order valence-corrected chi connectivity index (χ0v) is 9.69. The molecule has 1 aliphatic carbocycles. The maximum Gasteiger partial charge on any atom is 0.0750 e. The van der Waals surface area contributed by atoms with E-state index in [0.29, 0.717) is 0 Å². The van der Waals surface area contributed by atoms with E-state index in [1.54, 1.807) is 0 Å². The van der Waals surface area contributed by atoms with Gasteiger partial charge in [-0.2, -0.15) is 0 Å². The van der Waals surface area contributed by atoms with E-state index >= 15 is 0 Å². The molecule has 0 aromatic rings. The summed E-state index contributed by atoms with van der Waals surface area (Å²) < 4.78 is 21.4. The molecule has 2 unspecified atom stereocenters. The van der Waals surface area contributed by atoms with Gasteiger partial charge < -0.3 is 9.66 Å². The van der Waals surface area contributed by atoms with E-state index in [4.69, 9.17) is 0 Å². The van der Waals surface area contributed by atoms with Gasteiger partial charge in [0.2, 0.25) is 0 Å². The van der Waals surface area contributed by atoms with Crippen LogP contribution in [0.4, 0.5) is 0 Å². The number of hydrogen-bond donors (Lipinski definition) is 1. The van der Waals surface area contributed by atoms with Gasteiger partial charge >= 0.3 is 0 Å². The van der Waals surface area contributed by atoms with Crippen LogP contribution in [0.5, 0.6) is 0 Å². The highest BCUT2D eigenvalue weighted by molar-refractivity contribution is 7.79. The van der Waals surface area contributed by atoms with Crippen LogP contribution in [-0.4, -0.2) is 25.7 Å². The molecule has 2 atom stereocenters. The van der Waals surface area contributed by atoms with Crippen LogP contribution in [0.1, 0.15) is 33.6 Å². The Morgan fingerprint density at radius 3 is 2.71 bits per heavy atom. The van der Waals surface area contributed by atoms with Crippen molar-refractivity contribution < 1.29 is 13.9 Å².